The summed E-state index contributed by atoms with van der Waals surface area (Å²) in [5.41, 5.74) is 1.55. The molecule has 0 aliphatic heterocycles. The van der Waals surface area contributed by atoms with Gasteiger partial charge in [-0.3, -0.25) is 9.59 Å². The molecule has 0 bridgehead atoms. The summed E-state index contributed by atoms with van der Waals surface area (Å²) in [6.45, 7) is 3.89. The number of aromatic nitrogens is 2. The first-order valence-electron chi connectivity index (χ1n) is 8.54. The minimum absolute atomic E-state index is 0.191. The second-order valence-corrected chi connectivity index (χ2v) is 5.75. The summed E-state index contributed by atoms with van der Waals surface area (Å²) in [6.07, 6.45) is 0. The number of amides is 2. The van der Waals surface area contributed by atoms with Gasteiger partial charge in [-0.25, -0.2) is 4.68 Å². The van der Waals surface area contributed by atoms with Crippen LogP contribution >= 0.6 is 0 Å². The number of anilines is 2. The number of ether oxygens (including phenoxy) is 1. The Morgan fingerprint density at radius 2 is 1.74 bits per heavy atom. The van der Waals surface area contributed by atoms with Gasteiger partial charge in [0.1, 0.15) is 11.6 Å². The van der Waals surface area contributed by atoms with Gasteiger partial charge in [0.15, 0.2) is 5.69 Å². The van der Waals surface area contributed by atoms with Crippen LogP contribution in [0.1, 0.15) is 24.3 Å². The van der Waals surface area contributed by atoms with Crippen LogP contribution in [0.2, 0.25) is 0 Å². The lowest BCUT2D eigenvalue weighted by atomic mass is 10.3. The lowest BCUT2D eigenvalue weighted by molar-refractivity contribution is -0.114. The van der Waals surface area contributed by atoms with Crippen molar-refractivity contribution in [3.05, 3.63) is 66.4 Å². The van der Waals surface area contributed by atoms with E-state index >= 15 is 0 Å². The minimum atomic E-state index is -0.375. The zero-order chi connectivity index (χ0) is 19.2. The predicted octanol–water partition coefficient (Wildman–Crippen LogP) is 3.48. The molecule has 0 unspecified atom stereocenters. The van der Waals surface area contributed by atoms with Crippen molar-refractivity contribution in [1.29, 1.82) is 0 Å². The number of rotatable bonds is 6. The zero-order valence-corrected chi connectivity index (χ0v) is 15.1. The van der Waals surface area contributed by atoms with Crippen LogP contribution in [0.4, 0.5) is 11.5 Å². The number of benzene rings is 2. The molecule has 2 aromatic carbocycles. The summed E-state index contributed by atoms with van der Waals surface area (Å²) in [5, 5.41) is 9.83. The summed E-state index contributed by atoms with van der Waals surface area (Å²) in [4.78, 5) is 24.1. The molecule has 7 heteroatoms. The third kappa shape index (κ3) is 4.52. The first-order chi connectivity index (χ1) is 13.1. The van der Waals surface area contributed by atoms with Crippen molar-refractivity contribution in [3.63, 3.8) is 0 Å². The lowest BCUT2D eigenvalue weighted by Crippen LogP contribution is -2.13. The second kappa shape index (κ2) is 8.18. The molecule has 138 valence electrons. The Balaban J connectivity index is 1.84. The largest absolute Gasteiger partial charge is 0.494 e. The molecular weight excluding hydrogens is 344 g/mol. The number of carbonyl (C=O) groups excluding carboxylic acids is 2. The van der Waals surface area contributed by atoms with Gasteiger partial charge in [-0.15, -0.1) is 0 Å². The van der Waals surface area contributed by atoms with Crippen molar-refractivity contribution >= 4 is 23.3 Å². The first-order valence-corrected chi connectivity index (χ1v) is 8.54. The SMILES string of the molecule is CCOc1ccc(NC(=O)c2cc(NC(C)=O)n(-c3ccccc3)n2)cc1. The molecule has 1 heterocycles. The molecule has 0 saturated carbocycles. The van der Waals surface area contributed by atoms with Gasteiger partial charge in [0.25, 0.3) is 5.91 Å². The van der Waals surface area contributed by atoms with Gasteiger partial charge in [0, 0.05) is 18.7 Å². The van der Waals surface area contributed by atoms with Crippen LogP contribution in [0.25, 0.3) is 5.69 Å². The van der Waals surface area contributed by atoms with Crippen molar-refractivity contribution in [2.24, 2.45) is 0 Å². The number of hydrogen-bond donors (Lipinski definition) is 2. The number of para-hydroxylation sites is 1. The van der Waals surface area contributed by atoms with Crippen LogP contribution in [0.3, 0.4) is 0 Å². The van der Waals surface area contributed by atoms with Crippen LogP contribution in [0, 0.1) is 0 Å². The van der Waals surface area contributed by atoms with Crippen LogP contribution in [0.5, 0.6) is 5.75 Å². The maximum absolute atomic E-state index is 12.6. The Kier molecular flexibility index (Phi) is 5.51. The smallest absolute Gasteiger partial charge is 0.276 e. The molecule has 3 rings (SSSR count). The average Bonchev–Trinajstić information content (AvgIpc) is 3.07. The van der Waals surface area contributed by atoms with Crippen molar-refractivity contribution in [2.45, 2.75) is 13.8 Å². The van der Waals surface area contributed by atoms with Crippen molar-refractivity contribution < 1.29 is 14.3 Å². The standard InChI is InChI=1S/C20H20N4O3/c1-3-27-17-11-9-15(10-12-17)22-20(26)18-13-19(21-14(2)25)24(23-18)16-7-5-4-6-8-16/h4-13H,3H2,1-2H3,(H,21,25)(H,22,26). The molecule has 3 aromatic rings. The van der Waals surface area contributed by atoms with Crippen molar-refractivity contribution in [3.8, 4) is 11.4 Å². The molecule has 2 N–H and O–H groups in total. The van der Waals surface area contributed by atoms with E-state index in [-0.39, 0.29) is 17.5 Å². The normalized spacial score (nSPS) is 10.3. The average molecular weight is 364 g/mol. The van der Waals surface area contributed by atoms with Gasteiger partial charge in [-0.1, -0.05) is 18.2 Å². The van der Waals surface area contributed by atoms with Gasteiger partial charge in [0.05, 0.1) is 12.3 Å². The quantitative estimate of drug-likeness (QED) is 0.701. The van der Waals surface area contributed by atoms with Gasteiger partial charge in [0.2, 0.25) is 5.91 Å². The van der Waals surface area contributed by atoms with E-state index in [1.54, 1.807) is 24.3 Å². The fourth-order valence-electron chi connectivity index (χ4n) is 2.52. The topological polar surface area (TPSA) is 85.3 Å². The Hall–Kier alpha value is -3.61. The van der Waals surface area contributed by atoms with E-state index in [1.807, 2.05) is 37.3 Å². The molecule has 0 radical (unpaired) electrons. The summed E-state index contributed by atoms with van der Waals surface area (Å²) < 4.78 is 6.91. The first kappa shape index (κ1) is 18.2. The highest BCUT2D eigenvalue weighted by Crippen LogP contribution is 2.20. The molecule has 27 heavy (non-hydrogen) atoms. The monoisotopic (exact) mass is 364 g/mol. The summed E-state index contributed by atoms with van der Waals surface area (Å²) in [6, 6.07) is 17.9. The zero-order valence-electron chi connectivity index (χ0n) is 15.1. The molecule has 0 aliphatic rings. The van der Waals surface area contributed by atoms with Gasteiger partial charge >= 0.3 is 0 Å². The van der Waals surface area contributed by atoms with Crippen molar-refractivity contribution in [1.82, 2.24) is 9.78 Å². The Bertz CT molecular complexity index is 934. The molecule has 0 aliphatic carbocycles. The molecule has 7 nitrogen and oxygen atoms in total. The minimum Gasteiger partial charge on any atom is -0.494 e. The van der Waals surface area contributed by atoms with Gasteiger partial charge in [-0.2, -0.15) is 5.10 Å². The number of nitrogens with one attached hydrogen (secondary N) is 2. The second-order valence-electron chi connectivity index (χ2n) is 5.75. The predicted molar refractivity (Wildman–Crippen MR) is 103 cm³/mol. The number of hydrogen-bond acceptors (Lipinski definition) is 4. The molecule has 0 fully saturated rings. The molecule has 0 spiro atoms. The van der Waals surface area contributed by atoms with E-state index in [9.17, 15) is 9.59 Å². The highest BCUT2D eigenvalue weighted by Gasteiger charge is 2.16. The third-order valence-electron chi connectivity index (χ3n) is 3.67. The van der Waals surface area contributed by atoms with Gasteiger partial charge < -0.3 is 15.4 Å². The summed E-state index contributed by atoms with van der Waals surface area (Å²) in [7, 11) is 0. The Morgan fingerprint density at radius 3 is 2.37 bits per heavy atom. The van der Waals surface area contributed by atoms with Crippen LogP contribution in [-0.2, 0) is 4.79 Å². The Morgan fingerprint density at radius 1 is 1.04 bits per heavy atom. The highest BCUT2D eigenvalue weighted by atomic mass is 16.5. The van der Waals surface area contributed by atoms with E-state index in [0.717, 1.165) is 11.4 Å². The van der Waals surface area contributed by atoms with Crippen LogP contribution in [0.15, 0.2) is 60.7 Å². The van der Waals surface area contributed by atoms with E-state index in [2.05, 4.69) is 15.7 Å². The molecular formula is C20H20N4O3. The summed E-state index contributed by atoms with van der Waals surface area (Å²) >= 11 is 0. The fraction of sp³-hybridized carbons (Fsp3) is 0.150. The van der Waals surface area contributed by atoms with Gasteiger partial charge in [-0.05, 0) is 43.3 Å². The fourth-order valence-corrected chi connectivity index (χ4v) is 2.52. The van der Waals surface area contributed by atoms with E-state index < -0.39 is 0 Å². The third-order valence-corrected chi connectivity index (χ3v) is 3.67. The van der Waals surface area contributed by atoms with E-state index in [1.165, 1.54) is 17.7 Å². The number of carbonyl (C=O) groups is 2. The Labute approximate surface area is 157 Å². The summed E-state index contributed by atoms with van der Waals surface area (Å²) in [5.74, 6) is 0.535. The van der Waals surface area contributed by atoms with Crippen LogP contribution < -0.4 is 15.4 Å². The molecule has 0 saturated heterocycles. The number of nitrogens with zero attached hydrogens (tertiary/aromatic N) is 2. The maximum atomic E-state index is 12.6. The maximum Gasteiger partial charge on any atom is 0.276 e. The van der Waals surface area contributed by atoms with E-state index in [0.29, 0.717) is 18.1 Å². The molecule has 2 amide bonds. The van der Waals surface area contributed by atoms with E-state index in [4.69, 9.17) is 4.74 Å². The molecule has 1 aromatic heterocycles. The highest BCUT2D eigenvalue weighted by molar-refractivity contribution is 6.04. The van der Waals surface area contributed by atoms with Crippen molar-refractivity contribution in [2.75, 3.05) is 17.2 Å². The van der Waals surface area contributed by atoms with Crippen LogP contribution in [-0.4, -0.2) is 28.2 Å². The lowest BCUT2D eigenvalue weighted by Gasteiger charge is -2.07. The molecule has 0 atom stereocenters.